The first kappa shape index (κ1) is 13.7. The van der Waals surface area contributed by atoms with Crippen LogP contribution >= 0.6 is 15.9 Å². The molecule has 2 aromatic carbocycles. The predicted molar refractivity (Wildman–Crippen MR) is 80.7 cm³/mol. The molecule has 0 aliphatic rings. The molecule has 2 aromatic rings. The first-order chi connectivity index (χ1) is 8.97. The second-order valence-corrected chi connectivity index (χ2v) is 5.43. The predicted octanol–water partition coefficient (Wildman–Crippen LogP) is 4.34. The Balaban J connectivity index is 2.22. The summed E-state index contributed by atoms with van der Waals surface area (Å²) in [5.41, 5.74) is 2.77. The number of halogens is 1. The number of hydrogen-bond donors (Lipinski definition) is 3. The molecule has 1 atom stereocenters. The maximum absolute atomic E-state index is 9.82. The Morgan fingerprint density at radius 2 is 1.84 bits per heavy atom. The summed E-state index contributed by atoms with van der Waals surface area (Å²) in [5.74, 6) is 0.320. The van der Waals surface area contributed by atoms with Crippen LogP contribution in [-0.2, 0) is 0 Å². The van der Waals surface area contributed by atoms with Gasteiger partial charge >= 0.3 is 0 Å². The number of nitrogens with one attached hydrogen (secondary N) is 1. The third-order valence-electron chi connectivity index (χ3n) is 3.02. The summed E-state index contributed by atoms with van der Waals surface area (Å²) >= 11 is 3.46. The molecule has 3 N–H and O–H groups in total. The second kappa shape index (κ2) is 5.53. The third kappa shape index (κ3) is 3.20. The maximum atomic E-state index is 9.82. The van der Waals surface area contributed by atoms with Crippen molar-refractivity contribution in [1.82, 2.24) is 0 Å². The maximum Gasteiger partial charge on any atom is 0.121 e. The molecule has 0 saturated heterocycles. The highest BCUT2D eigenvalue weighted by Crippen LogP contribution is 2.30. The van der Waals surface area contributed by atoms with Crippen molar-refractivity contribution in [3.8, 4) is 11.5 Å². The number of aromatic hydroxyl groups is 2. The molecule has 0 fully saturated rings. The van der Waals surface area contributed by atoms with E-state index < -0.39 is 0 Å². The molecule has 1 unspecified atom stereocenters. The highest BCUT2D eigenvalue weighted by atomic mass is 79.9. The zero-order valence-corrected chi connectivity index (χ0v) is 12.4. The minimum absolute atomic E-state index is 0.104. The van der Waals surface area contributed by atoms with Crippen LogP contribution in [0.25, 0.3) is 0 Å². The van der Waals surface area contributed by atoms with Crippen molar-refractivity contribution in [2.24, 2.45) is 0 Å². The monoisotopic (exact) mass is 321 g/mol. The molecule has 0 aliphatic heterocycles. The van der Waals surface area contributed by atoms with Gasteiger partial charge in [0.1, 0.15) is 11.5 Å². The molecule has 0 radical (unpaired) electrons. The molecular weight excluding hydrogens is 306 g/mol. The largest absolute Gasteiger partial charge is 0.508 e. The molecule has 3 nitrogen and oxygen atoms in total. The van der Waals surface area contributed by atoms with Crippen molar-refractivity contribution in [3.05, 3.63) is 52.0 Å². The molecular formula is C15H16BrNO2. The molecule has 19 heavy (non-hydrogen) atoms. The van der Waals surface area contributed by atoms with E-state index in [4.69, 9.17) is 0 Å². The number of rotatable bonds is 3. The molecule has 0 saturated carbocycles. The van der Waals surface area contributed by atoms with E-state index in [1.165, 1.54) is 12.1 Å². The van der Waals surface area contributed by atoms with E-state index in [1.807, 2.05) is 32.0 Å². The molecule has 0 aliphatic carbocycles. The lowest BCUT2D eigenvalue weighted by molar-refractivity contribution is 0.451. The minimum atomic E-state index is -0.104. The van der Waals surface area contributed by atoms with Crippen molar-refractivity contribution in [2.45, 2.75) is 19.9 Å². The van der Waals surface area contributed by atoms with Gasteiger partial charge < -0.3 is 15.5 Å². The fourth-order valence-electron chi connectivity index (χ4n) is 1.95. The number of aryl methyl sites for hydroxylation is 1. The van der Waals surface area contributed by atoms with Gasteiger partial charge in [-0.05, 0) is 55.8 Å². The first-order valence-electron chi connectivity index (χ1n) is 6.02. The van der Waals surface area contributed by atoms with Crippen LogP contribution in [0.3, 0.4) is 0 Å². The van der Waals surface area contributed by atoms with E-state index in [9.17, 15) is 10.2 Å². The Morgan fingerprint density at radius 3 is 2.53 bits per heavy atom. The van der Waals surface area contributed by atoms with Crippen LogP contribution in [0.2, 0.25) is 0 Å². The van der Waals surface area contributed by atoms with Gasteiger partial charge in [-0.15, -0.1) is 0 Å². The van der Waals surface area contributed by atoms with E-state index >= 15 is 0 Å². The molecule has 0 amide bonds. The summed E-state index contributed by atoms with van der Waals surface area (Å²) in [4.78, 5) is 0. The SMILES string of the molecule is Cc1cc(NC(C)c2cc(O)ccc2O)ccc1Br. The lowest BCUT2D eigenvalue weighted by Gasteiger charge is -2.17. The number of anilines is 1. The molecule has 0 bridgehead atoms. The number of benzene rings is 2. The fraction of sp³-hybridized carbons (Fsp3) is 0.200. The summed E-state index contributed by atoms with van der Waals surface area (Å²) in [6.45, 7) is 3.96. The van der Waals surface area contributed by atoms with Crippen molar-refractivity contribution < 1.29 is 10.2 Å². The Hall–Kier alpha value is -1.68. The van der Waals surface area contributed by atoms with Crippen LogP contribution in [0, 0.1) is 6.92 Å². The summed E-state index contributed by atoms with van der Waals surface area (Å²) < 4.78 is 1.06. The first-order valence-corrected chi connectivity index (χ1v) is 6.81. The average molecular weight is 322 g/mol. The van der Waals surface area contributed by atoms with Crippen LogP contribution in [0.1, 0.15) is 24.1 Å². The highest BCUT2D eigenvalue weighted by molar-refractivity contribution is 9.10. The van der Waals surface area contributed by atoms with Crippen LogP contribution in [0.15, 0.2) is 40.9 Å². The second-order valence-electron chi connectivity index (χ2n) is 4.57. The molecule has 0 aromatic heterocycles. The van der Waals surface area contributed by atoms with Gasteiger partial charge in [0, 0.05) is 15.7 Å². The molecule has 0 heterocycles. The van der Waals surface area contributed by atoms with Gasteiger partial charge in [-0.1, -0.05) is 15.9 Å². The van der Waals surface area contributed by atoms with Crippen molar-refractivity contribution in [3.63, 3.8) is 0 Å². The molecule has 2 rings (SSSR count). The van der Waals surface area contributed by atoms with Crippen LogP contribution in [-0.4, -0.2) is 10.2 Å². The highest BCUT2D eigenvalue weighted by Gasteiger charge is 2.11. The lowest BCUT2D eigenvalue weighted by atomic mass is 10.1. The van der Waals surface area contributed by atoms with Crippen LogP contribution < -0.4 is 5.32 Å². The molecule has 100 valence electrons. The van der Waals surface area contributed by atoms with E-state index in [-0.39, 0.29) is 17.5 Å². The van der Waals surface area contributed by atoms with E-state index in [2.05, 4.69) is 21.2 Å². The molecule has 0 spiro atoms. The zero-order chi connectivity index (χ0) is 14.0. The fourth-order valence-corrected chi connectivity index (χ4v) is 2.20. The standard InChI is InChI=1S/C15H16BrNO2/c1-9-7-11(3-5-14(9)16)17-10(2)13-8-12(18)4-6-15(13)19/h3-8,10,17-19H,1-2H3. The third-order valence-corrected chi connectivity index (χ3v) is 3.91. The van der Waals surface area contributed by atoms with Gasteiger partial charge in [0.2, 0.25) is 0 Å². The van der Waals surface area contributed by atoms with E-state index in [0.29, 0.717) is 5.56 Å². The van der Waals surface area contributed by atoms with Gasteiger partial charge in [0.15, 0.2) is 0 Å². The van der Waals surface area contributed by atoms with Gasteiger partial charge in [0.25, 0.3) is 0 Å². The van der Waals surface area contributed by atoms with Crippen molar-refractivity contribution >= 4 is 21.6 Å². The normalized spacial score (nSPS) is 12.2. The zero-order valence-electron chi connectivity index (χ0n) is 10.8. The van der Waals surface area contributed by atoms with Crippen molar-refractivity contribution in [2.75, 3.05) is 5.32 Å². The summed E-state index contributed by atoms with van der Waals surface area (Å²) in [5, 5.41) is 22.6. The Labute approximate surface area is 121 Å². The summed E-state index contributed by atoms with van der Waals surface area (Å²) in [6.07, 6.45) is 0. The van der Waals surface area contributed by atoms with Gasteiger partial charge in [0.05, 0.1) is 6.04 Å². The lowest BCUT2D eigenvalue weighted by Crippen LogP contribution is -2.07. The Bertz CT molecular complexity index is 599. The average Bonchev–Trinajstić information content (AvgIpc) is 2.36. The summed E-state index contributed by atoms with van der Waals surface area (Å²) in [7, 11) is 0. The quantitative estimate of drug-likeness (QED) is 0.737. The van der Waals surface area contributed by atoms with Crippen molar-refractivity contribution in [1.29, 1.82) is 0 Å². The Kier molecular flexibility index (Phi) is 4.00. The topological polar surface area (TPSA) is 52.5 Å². The summed E-state index contributed by atoms with van der Waals surface area (Å²) in [6, 6.07) is 10.4. The number of hydrogen-bond acceptors (Lipinski definition) is 3. The van der Waals surface area contributed by atoms with E-state index in [1.54, 1.807) is 6.07 Å². The van der Waals surface area contributed by atoms with Gasteiger partial charge in [-0.25, -0.2) is 0 Å². The van der Waals surface area contributed by atoms with Gasteiger partial charge in [-0.2, -0.15) is 0 Å². The molecule has 4 heteroatoms. The van der Waals surface area contributed by atoms with Crippen LogP contribution in [0.4, 0.5) is 5.69 Å². The number of phenols is 2. The Morgan fingerprint density at radius 1 is 1.11 bits per heavy atom. The smallest absolute Gasteiger partial charge is 0.121 e. The van der Waals surface area contributed by atoms with Crippen LogP contribution in [0.5, 0.6) is 11.5 Å². The minimum Gasteiger partial charge on any atom is -0.508 e. The van der Waals surface area contributed by atoms with Gasteiger partial charge in [-0.3, -0.25) is 0 Å². The van der Waals surface area contributed by atoms with E-state index in [0.717, 1.165) is 15.7 Å². The number of phenolic OH excluding ortho intramolecular Hbond substituents is 2.